The molecule has 0 heterocycles. The molecule has 0 aromatic heterocycles. The van der Waals surface area contributed by atoms with E-state index in [9.17, 15) is 0 Å². The van der Waals surface area contributed by atoms with Gasteiger partial charge >= 0.3 is 0 Å². The third kappa shape index (κ3) is 5.26. The molecule has 0 saturated heterocycles. The highest BCUT2D eigenvalue weighted by Gasteiger charge is 2.31. The Balaban J connectivity index is 2.82. The van der Waals surface area contributed by atoms with Crippen LogP contribution >= 0.6 is 0 Å². The van der Waals surface area contributed by atoms with Crippen molar-refractivity contribution in [3.63, 3.8) is 0 Å². The van der Waals surface area contributed by atoms with E-state index in [1.54, 1.807) is 5.19 Å². The van der Waals surface area contributed by atoms with Gasteiger partial charge in [-0.2, -0.15) is 0 Å². The van der Waals surface area contributed by atoms with Gasteiger partial charge in [0.25, 0.3) is 0 Å². The number of aliphatic hydroxyl groups is 1. The summed E-state index contributed by atoms with van der Waals surface area (Å²) in [5, 5.41) is 10.4. The minimum absolute atomic E-state index is 0.295. The summed E-state index contributed by atoms with van der Waals surface area (Å²) in [6, 6.07) is 11.0. The van der Waals surface area contributed by atoms with Crippen LogP contribution < -0.4 is 5.19 Å². The molecule has 1 N–H and O–H groups in total. The Labute approximate surface area is 125 Å². The van der Waals surface area contributed by atoms with E-state index in [1.807, 2.05) is 0 Å². The lowest BCUT2D eigenvalue weighted by Gasteiger charge is -2.31. The van der Waals surface area contributed by atoms with Crippen LogP contribution in [-0.4, -0.2) is 19.8 Å². The lowest BCUT2D eigenvalue weighted by atomic mass is 10.2. The minimum Gasteiger partial charge on any atom is -0.396 e. The first-order valence-electron chi connectivity index (χ1n) is 7.96. The maximum Gasteiger partial charge on any atom is 0.0873 e. The summed E-state index contributed by atoms with van der Waals surface area (Å²) in [7, 11) is -1.46. The van der Waals surface area contributed by atoms with Crippen molar-refractivity contribution >= 4 is 13.3 Å². The van der Waals surface area contributed by atoms with E-state index >= 15 is 0 Å². The molecule has 1 rings (SSSR count). The molecular weight excluding hydrogens is 260 g/mol. The van der Waals surface area contributed by atoms with Crippen molar-refractivity contribution in [2.75, 3.05) is 6.61 Å². The summed E-state index contributed by atoms with van der Waals surface area (Å²) in [6.45, 7) is 7.53. The number of benzene rings is 1. The van der Waals surface area contributed by atoms with Crippen molar-refractivity contribution in [1.82, 2.24) is 0 Å². The average Bonchev–Trinajstić information content (AvgIpc) is 2.47. The van der Waals surface area contributed by atoms with Gasteiger partial charge in [-0.3, -0.25) is 0 Å². The maximum atomic E-state index is 8.89. The Morgan fingerprint density at radius 1 is 1.15 bits per heavy atom. The van der Waals surface area contributed by atoms with E-state index in [1.165, 1.54) is 19.3 Å². The van der Waals surface area contributed by atoms with E-state index in [-0.39, 0.29) is 0 Å². The third-order valence-electron chi connectivity index (χ3n) is 4.21. The Morgan fingerprint density at radius 2 is 1.85 bits per heavy atom. The fourth-order valence-electron chi connectivity index (χ4n) is 2.67. The van der Waals surface area contributed by atoms with Crippen LogP contribution in [0.4, 0.5) is 0 Å². The van der Waals surface area contributed by atoms with Gasteiger partial charge in [0, 0.05) is 6.61 Å². The van der Waals surface area contributed by atoms with E-state index in [2.05, 4.69) is 62.5 Å². The number of aliphatic hydroxyl groups excluding tert-OH is 1. The fourth-order valence-corrected chi connectivity index (χ4v) is 5.70. The molecule has 0 aliphatic heterocycles. The van der Waals surface area contributed by atoms with Gasteiger partial charge in [0.15, 0.2) is 0 Å². The molecule has 0 unspecified atom stereocenters. The molecule has 2 heteroatoms. The summed E-state index contributed by atoms with van der Waals surface area (Å²) in [5.74, 6) is 0. The van der Waals surface area contributed by atoms with Crippen molar-refractivity contribution in [2.24, 2.45) is 0 Å². The number of hydrogen-bond acceptors (Lipinski definition) is 1. The van der Waals surface area contributed by atoms with Crippen LogP contribution in [0.25, 0.3) is 0 Å². The van der Waals surface area contributed by atoms with Gasteiger partial charge < -0.3 is 5.11 Å². The molecule has 0 aliphatic rings. The maximum absolute atomic E-state index is 8.89. The summed E-state index contributed by atoms with van der Waals surface area (Å²) in [4.78, 5) is 0. The molecule has 1 atom stereocenters. The van der Waals surface area contributed by atoms with Gasteiger partial charge in [-0.15, -0.1) is 0 Å². The zero-order chi connectivity index (χ0) is 14.8. The highest BCUT2D eigenvalue weighted by atomic mass is 28.3. The Morgan fingerprint density at radius 3 is 2.45 bits per heavy atom. The first kappa shape index (κ1) is 17.2. The molecule has 1 aromatic rings. The molecule has 1 nitrogen and oxygen atoms in total. The Kier molecular flexibility index (Phi) is 7.86. The SMILES string of the molecule is CCCC[C@@H](/C=C/CCCO)[Si](C)(C)c1ccccc1. The van der Waals surface area contributed by atoms with Crippen LogP contribution in [0.1, 0.15) is 39.0 Å². The van der Waals surface area contributed by atoms with Crippen LogP contribution in [0.3, 0.4) is 0 Å². The summed E-state index contributed by atoms with van der Waals surface area (Å²) >= 11 is 0. The predicted octanol–water partition coefficient (Wildman–Crippen LogP) is 4.49. The van der Waals surface area contributed by atoms with Crippen molar-refractivity contribution in [3.05, 3.63) is 42.5 Å². The zero-order valence-corrected chi connectivity index (χ0v) is 14.3. The molecule has 0 fully saturated rings. The molecule has 0 aliphatic carbocycles. The van der Waals surface area contributed by atoms with Gasteiger partial charge in [-0.05, 0) is 24.8 Å². The molecule has 0 spiro atoms. The second-order valence-corrected chi connectivity index (χ2v) is 10.9. The van der Waals surface area contributed by atoms with Crippen molar-refractivity contribution in [1.29, 1.82) is 0 Å². The van der Waals surface area contributed by atoms with E-state index < -0.39 is 8.07 Å². The van der Waals surface area contributed by atoms with E-state index in [4.69, 9.17) is 5.11 Å². The highest BCUT2D eigenvalue weighted by molar-refractivity contribution is 6.91. The monoisotopic (exact) mass is 290 g/mol. The van der Waals surface area contributed by atoms with Crippen molar-refractivity contribution in [2.45, 2.75) is 57.7 Å². The number of rotatable bonds is 9. The largest absolute Gasteiger partial charge is 0.396 e. The summed E-state index contributed by atoms with van der Waals surface area (Å²) in [5.41, 5.74) is 0.698. The normalized spacial score (nSPS) is 13.8. The Hall–Kier alpha value is -0.863. The van der Waals surface area contributed by atoms with Gasteiger partial charge in [0.2, 0.25) is 0 Å². The second kappa shape index (κ2) is 9.14. The van der Waals surface area contributed by atoms with Gasteiger partial charge in [0.1, 0.15) is 0 Å². The summed E-state index contributed by atoms with van der Waals surface area (Å²) in [6.07, 6.45) is 10.5. The molecule has 20 heavy (non-hydrogen) atoms. The first-order chi connectivity index (χ1) is 9.62. The highest BCUT2D eigenvalue weighted by Crippen LogP contribution is 2.29. The zero-order valence-electron chi connectivity index (χ0n) is 13.3. The van der Waals surface area contributed by atoms with Crippen LogP contribution in [0.2, 0.25) is 18.6 Å². The second-order valence-electron chi connectivity index (χ2n) is 6.13. The molecule has 112 valence electrons. The average molecular weight is 291 g/mol. The number of unbranched alkanes of at least 4 members (excludes halogenated alkanes) is 2. The third-order valence-corrected chi connectivity index (χ3v) is 8.37. The molecular formula is C18H30OSi. The van der Waals surface area contributed by atoms with E-state index in [0.29, 0.717) is 12.1 Å². The predicted molar refractivity (Wildman–Crippen MR) is 92.3 cm³/mol. The number of allylic oxidation sites excluding steroid dienone is 2. The first-order valence-corrected chi connectivity index (χ1v) is 11.0. The summed E-state index contributed by atoms with van der Waals surface area (Å²) < 4.78 is 0. The van der Waals surface area contributed by atoms with E-state index in [0.717, 1.165) is 12.8 Å². The van der Waals surface area contributed by atoms with Crippen LogP contribution in [0, 0.1) is 0 Å². The van der Waals surface area contributed by atoms with Gasteiger partial charge in [0.05, 0.1) is 8.07 Å². The lowest BCUT2D eigenvalue weighted by Crippen LogP contribution is -2.45. The van der Waals surface area contributed by atoms with Crippen molar-refractivity contribution < 1.29 is 5.11 Å². The molecule has 0 radical (unpaired) electrons. The molecule has 1 aromatic carbocycles. The molecule has 0 amide bonds. The van der Waals surface area contributed by atoms with Crippen molar-refractivity contribution in [3.8, 4) is 0 Å². The van der Waals surface area contributed by atoms with Crippen LogP contribution in [0.5, 0.6) is 0 Å². The van der Waals surface area contributed by atoms with Gasteiger partial charge in [-0.1, -0.05) is 80.5 Å². The smallest absolute Gasteiger partial charge is 0.0873 e. The Bertz CT molecular complexity index is 384. The van der Waals surface area contributed by atoms with Crippen LogP contribution in [-0.2, 0) is 0 Å². The standard InChI is InChI=1S/C18H30OSi/c1-4-5-12-17(15-10-7-11-16-19)20(2,3)18-13-8-6-9-14-18/h6,8-10,13-15,17,19H,4-5,7,11-12,16H2,1-3H3/b15-10+/t17-/m0/s1. The quantitative estimate of drug-likeness (QED) is 0.403. The lowest BCUT2D eigenvalue weighted by molar-refractivity contribution is 0.289. The molecule has 0 bridgehead atoms. The minimum atomic E-state index is -1.46. The fraction of sp³-hybridized carbons (Fsp3) is 0.556. The van der Waals surface area contributed by atoms with Gasteiger partial charge in [-0.25, -0.2) is 0 Å². The van der Waals surface area contributed by atoms with Crippen LogP contribution in [0.15, 0.2) is 42.5 Å². The molecule has 0 saturated carbocycles. The number of hydrogen-bond donors (Lipinski definition) is 1. The topological polar surface area (TPSA) is 20.2 Å².